The Morgan fingerprint density at radius 3 is 2.29 bits per heavy atom. The summed E-state index contributed by atoms with van der Waals surface area (Å²) in [5, 5.41) is 3.01. The highest BCUT2D eigenvalue weighted by molar-refractivity contribution is 5.90. The van der Waals surface area contributed by atoms with E-state index in [-0.39, 0.29) is 11.9 Å². The maximum atomic E-state index is 12.5. The fraction of sp³-hybridized carbons (Fsp3) is 0.480. The molecule has 1 N–H and O–H groups in total. The van der Waals surface area contributed by atoms with Gasteiger partial charge in [-0.3, -0.25) is 9.78 Å². The van der Waals surface area contributed by atoms with Crippen molar-refractivity contribution < 1.29 is 9.59 Å². The van der Waals surface area contributed by atoms with Gasteiger partial charge < -0.3 is 15.1 Å². The molecular weight excluding hydrogens is 388 g/mol. The lowest BCUT2D eigenvalue weighted by Crippen LogP contribution is -2.50. The first-order chi connectivity index (χ1) is 15.1. The summed E-state index contributed by atoms with van der Waals surface area (Å²) in [6.07, 6.45) is 6.75. The van der Waals surface area contributed by atoms with E-state index in [2.05, 4.69) is 40.3 Å². The van der Waals surface area contributed by atoms with Gasteiger partial charge in [0.25, 0.3) is 0 Å². The summed E-state index contributed by atoms with van der Waals surface area (Å²) in [5.41, 5.74) is 3.31. The number of amides is 3. The molecule has 6 heteroatoms. The summed E-state index contributed by atoms with van der Waals surface area (Å²) in [5.74, 6) is 2.08. The van der Waals surface area contributed by atoms with Crippen LogP contribution in [-0.4, -0.2) is 52.9 Å². The lowest BCUT2D eigenvalue weighted by molar-refractivity contribution is -0.133. The third-order valence-electron chi connectivity index (χ3n) is 7.19. The Balaban J connectivity index is 1.09. The highest BCUT2D eigenvalue weighted by Gasteiger charge is 2.42. The number of anilines is 1. The standard InChI is InChI=1S/C25H30N4O2/c1-17-13-23(17)24(30)28-11-8-19(9-12-28)18-4-6-22(7-5-18)27-25(31)29-15-21(16-29)20-3-2-10-26-14-20/h2-7,10,14,17,19,21,23H,8-9,11-13,15-16H2,1H3,(H,27,31). The number of piperidine rings is 1. The molecule has 5 rings (SSSR count). The lowest BCUT2D eigenvalue weighted by Gasteiger charge is -2.39. The summed E-state index contributed by atoms with van der Waals surface area (Å²) < 4.78 is 0. The maximum Gasteiger partial charge on any atom is 0.321 e. The summed E-state index contributed by atoms with van der Waals surface area (Å²) in [6.45, 7) is 5.34. The Hall–Kier alpha value is -2.89. The van der Waals surface area contributed by atoms with Crippen molar-refractivity contribution in [2.45, 2.75) is 38.0 Å². The van der Waals surface area contributed by atoms with Gasteiger partial charge in [0.05, 0.1) is 0 Å². The van der Waals surface area contributed by atoms with Crippen LogP contribution in [0.15, 0.2) is 48.8 Å². The molecule has 3 aliphatic rings. The Labute approximate surface area is 183 Å². The van der Waals surface area contributed by atoms with Gasteiger partial charge in [0.2, 0.25) is 5.91 Å². The molecule has 6 nitrogen and oxygen atoms in total. The van der Waals surface area contributed by atoms with Crippen LogP contribution in [0.4, 0.5) is 10.5 Å². The van der Waals surface area contributed by atoms with Crippen molar-refractivity contribution in [1.82, 2.24) is 14.8 Å². The van der Waals surface area contributed by atoms with E-state index in [1.54, 1.807) is 6.20 Å². The molecule has 2 unspecified atom stereocenters. The second kappa shape index (κ2) is 8.33. The molecule has 0 spiro atoms. The van der Waals surface area contributed by atoms with E-state index in [4.69, 9.17) is 0 Å². The van der Waals surface area contributed by atoms with E-state index in [1.807, 2.05) is 29.3 Å². The second-order valence-corrected chi connectivity index (χ2v) is 9.36. The van der Waals surface area contributed by atoms with E-state index in [9.17, 15) is 9.59 Å². The van der Waals surface area contributed by atoms with Crippen molar-refractivity contribution in [1.29, 1.82) is 0 Å². The number of hydrogen-bond acceptors (Lipinski definition) is 3. The zero-order valence-electron chi connectivity index (χ0n) is 18.0. The predicted octanol–water partition coefficient (Wildman–Crippen LogP) is 4.07. The van der Waals surface area contributed by atoms with Crippen molar-refractivity contribution in [2.75, 3.05) is 31.5 Å². The Morgan fingerprint density at radius 1 is 0.968 bits per heavy atom. The van der Waals surface area contributed by atoms with Gasteiger partial charge >= 0.3 is 6.03 Å². The second-order valence-electron chi connectivity index (χ2n) is 9.36. The first kappa shape index (κ1) is 20.0. The van der Waals surface area contributed by atoms with Crippen molar-refractivity contribution in [2.24, 2.45) is 11.8 Å². The lowest BCUT2D eigenvalue weighted by atomic mass is 9.89. The third-order valence-corrected chi connectivity index (χ3v) is 7.19. The minimum atomic E-state index is -0.0472. The van der Waals surface area contributed by atoms with Crippen molar-refractivity contribution in [3.63, 3.8) is 0 Å². The quantitative estimate of drug-likeness (QED) is 0.814. The largest absolute Gasteiger partial charge is 0.342 e. The topological polar surface area (TPSA) is 65.5 Å². The molecule has 0 radical (unpaired) electrons. The van der Waals surface area contributed by atoms with E-state index in [0.29, 0.717) is 23.7 Å². The molecule has 2 atom stereocenters. The van der Waals surface area contributed by atoms with Gasteiger partial charge in [0, 0.05) is 56.1 Å². The smallest absolute Gasteiger partial charge is 0.321 e. The molecule has 2 aromatic rings. The van der Waals surface area contributed by atoms with E-state index in [0.717, 1.165) is 51.1 Å². The molecule has 2 aliphatic heterocycles. The van der Waals surface area contributed by atoms with Gasteiger partial charge in [-0.1, -0.05) is 25.1 Å². The Morgan fingerprint density at radius 2 is 1.68 bits per heavy atom. The van der Waals surface area contributed by atoms with E-state index < -0.39 is 0 Å². The average molecular weight is 419 g/mol. The summed E-state index contributed by atoms with van der Waals surface area (Å²) in [4.78, 5) is 33.0. The number of nitrogens with zero attached hydrogens (tertiary/aromatic N) is 3. The first-order valence-corrected chi connectivity index (χ1v) is 11.4. The molecule has 1 aromatic carbocycles. The van der Waals surface area contributed by atoms with Crippen LogP contribution in [0.1, 0.15) is 49.1 Å². The number of nitrogens with one attached hydrogen (secondary N) is 1. The van der Waals surface area contributed by atoms with Gasteiger partial charge in [0.15, 0.2) is 0 Å². The van der Waals surface area contributed by atoms with E-state index in [1.165, 1.54) is 11.1 Å². The number of urea groups is 1. The van der Waals surface area contributed by atoms with Crippen molar-refractivity contribution >= 4 is 17.6 Å². The fourth-order valence-corrected chi connectivity index (χ4v) is 4.85. The van der Waals surface area contributed by atoms with Gasteiger partial charge in [-0.25, -0.2) is 4.79 Å². The van der Waals surface area contributed by atoms with Gasteiger partial charge in [-0.05, 0) is 60.4 Å². The van der Waals surface area contributed by atoms with Crippen LogP contribution in [-0.2, 0) is 4.79 Å². The molecule has 0 bridgehead atoms. The first-order valence-electron chi connectivity index (χ1n) is 11.4. The molecule has 3 fully saturated rings. The molecule has 1 aliphatic carbocycles. The Bertz CT molecular complexity index is 932. The number of hydrogen-bond donors (Lipinski definition) is 1. The van der Waals surface area contributed by atoms with Crippen LogP contribution in [0.25, 0.3) is 0 Å². The monoisotopic (exact) mass is 418 g/mol. The SMILES string of the molecule is CC1CC1C(=O)N1CCC(c2ccc(NC(=O)N3CC(c4cccnc4)C3)cc2)CC1. The summed E-state index contributed by atoms with van der Waals surface area (Å²) in [7, 11) is 0. The zero-order chi connectivity index (χ0) is 21.4. The number of carbonyl (C=O) groups excluding carboxylic acids is 2. The fourth-order valence-electron chi connectivity index (χ4n) is 4.85. The number of likely N-dealkylation sites (tertiary alicyclic amines) is 2. The number of rotatable bonds is 4. The van der Waals surface area contributed by atoms with Gasteiger partial charge in [0.1, 0.15) is 0 Å². The Kier molecular flexibility index (Phi) is 5.38. The number of aromatic nitrogens is 1. The molecule has 1 saturated carbocycles. The van der Waals surface area contributed by atoms with Crippen LogP contribution in [0.5, 0.6) is 0 Å². The molecule has 162 valence electrons. The normalized spacial score (nSPS) is 23.9. The van der Waals surface area contributed by atoms with Crippen LogP contribution >= 0.6 is 0 Å². The molecular formula is C25H30N4O2. The highest BCUT2D eigenvalue weighted by atomic mass is 16.2. The third kappa shape index (κ3) is 4.29. The molecule has 3 heterocycles. The predicted molar refractivity (Wildman–Crippen MR) is 120 cm³/mol. The molecule has 3 amide bonds. The number of carbonyl (C=O) groups is 2. The minimum absolute atomic E-state index is 0.0472. The van der Waals surface area contributed by atoms with Gasteiger partial charge in [-0.2, -0.15) is 0 Å². The van der Waals surface area contributed by atoms with Crippen LogP contribution < -0.4 is 5.32 Å². The van der Waals surface area contributed by atoms with Crippen molar-refractivity contribution in [3.8, 4) is 0 Å². The molecule has 31 heavy (non-hydrogen) atoms. The average Bonchev–Trinajstić information content (AvgIpc) is 3.50. The van der Waals surface area contributed by atoms with E-state index >= 15 is 0 Å². The van der Waals surface area contributed by atoms with Gasteiger partial charge in [-0.15, -0.1) is 0 Å². The minimum Gasteiger partial charge on any atom is -0.342 e. The summed E-state index contributed by atoms with van der Waals surface area (Å²) >= 11 is 0. The van der Waals surface area contributed by atoms with Crippen LogP contribution in [0, 0.1) is 11.8 Å². The van der Waals surface area contributed by atoms with Crippen molar-refractivity contribution in [3.05, 3.63) is 59.9 Å². The zero-order valence-corrected chi connectivity index (χ0v) is 18.0. The maximum absolute atomic E-state index is 12.5. The summed E-state index contributed by atoms with van der Waals surface area (Å²) in [6, 6.07) is 12.2. The molecule has 1 aromatic heterocycles. The van der Waals surface area contributed by atoms with Crippen LogP contribution in [0.3, 0.4) is 0 Å². The molecule has 2 saturated heterocycles. The van der Waals surface area contributed by atoms with Crippen LogP contribution in [0.2, 0.25) is 0 Å². The highest BCUT2D eigenvalue weighted by Crippen LogP contribution is 2.40. The number of pyridine rings is 1. The number of benzene rings is 1.